The Kier molecular flexibility index (Phi) is 3.66. The Morgan fingerprint density at radius 1 is 1.24 bits per heavy atom. The van der Waals surface area contributed by atoms with Crippen molar-refractivity contribution in [1.82, 2.24) is 0 Å². The number of carbonyl (C=O) groups is 2. The molecule has 0 aliphatic carbocycles. The third-order valence-corrected chi connectivity index (χ3v) is 3.74. The number of Topliss-reactive ketones (excluding diaryl/α,β-unsaturated/α-hetero) is 1. The molecule has 0 N–H and O–H groups in total. The number of carbonyl (C=O) groups excluding carboxylic acids is 2. The van der Waals surface area contributed by atoms with E-state index in [1.807, 2.05) is 6.26 Å². The Hall–Kier alpha value is -0.710. The molecule has 1 aliphatic heterocycles. The van der Waals surface area contributed by atoms with E-state index in [1.54, 1.807) is 17.8 Å². The lowest BCUT2D eigenvalue weighted by Gasteiger charge is -2.16. The predicted octanol–water partition coefficient (Wildman–Crippen LogP) is 2.89. The molecule has 90 valence electrons. The summed E-state index contributed by atoms with van der Waals surface area (Å²) < 4.78 is 0. The lowest BCUT2D eigenvalue weighted by molar-refractivity contribution is -0.114. The number of thioether (sulfide) groups is 1. The van der Waals surface area contributed by atoms with Crippen molar-refractivity contribution in [1.29, 1.82) is 0 Å². The first-order chi connectivity index (χ1) is 8.07. The third-order valence-electron chi connectivity index (χ3n) is 2.53. The minimum Gasteiger partial charge on any atom is -0.302 e. The fraction of sp³-hybridized carbons (Fsp3) is 0.273. The van der Waals surface area contributed by atoms with Crippen LogP contribution in [0.15, 0.2) is 12.1 Å². The molecule has 0 unspecified atom stereocenters. The fourth-order valence-corrected chi connectivity index (χ4v) is 2.61. The van der Waals surface area contributed by atoms with E-state index in [4.69, 9.17) is 23.2 Å². The van der Waals surface area contributed by atoms with Crippen molar-refractivity contribution < 1.29 is 9.59 Å². The van der Waals surface area contributed by atoms with Crippen molar-refractivity contribution in [3.05, 3.63) is 27.7 Å². The lowest BCUT2D eigenvalue weighted by Crippen LogP contribution is -2.31. The van der Waals surface area contributed by atoms with E-state index in [1.165, 1.54) is 11.0 Å². The maximum atomic E-state index is 11.8. The normalized spacial score (nSPS) is 14.4. The first kappa shape index (κ1) is 12.7. The summed E-state index contributed by atoms with van der Waals surface area (Å²) in [6.07, 6.45) is 1.93. The van der Waals surface area contributed by atoms with E-state index in [9.17, 15) is 9.59 Å². The van der Waals surface area contributed by atoms with Gasteiger partial charge in [-0.05, 0) is 18.4 Å². The Bertz CT molecular complexity index is 504. The number of benzene rings is 1. The molecule has 1 heterocycles. The lowest BCUT2D eigenvalue weighted by atomic mass is 10.1. The third kappa shape index (κ3) is 2.05. The molecule has 0 aromatic heterocycles. The highest BCUT2D eigenvalue weighted by Gasteiger charge is 2.38. The molecule has 0 saturated carbocycles. The van der Waals surface area contributed by atoms with Crippen LogP contribution in [-0.4, -0.2) is 30.2 Å². The molecule has 1 aliphatic rings. The van der Waals surface area contributed by atoms with Crippen LogP contribution in [0.4, 0.5) is 5.69 Å². The van der Waals surface area contributed by atoms with Gasteiger partial charge in [0.2, 0.25) is 0 Å². The molecular formula is C11H9Cl2NO2S. The van der Waals surface area contributed by atoms with Crippen LogP contribution in [-0.2, 0) is 4.79 Å². The van der Waals surface area contributed by atoms with E-state index in [0.29, 0.717) is 17.3 Å². The van der Waals surface area contributed by atoms with Crippen molar-refractivity contribution in [3.63, 3.8) is 0 Å². The predicted molar refractivity (Wildman–Crippen MR) is 71.5 cm³/mol. The molecule has 0 spiro atoms. The van der Waals surface area contributed by atoms with Gasteiger partial charge in [0.25, 0.3) is 11.7 Å². The van der Waals surface area contributed by atoms with Crippen LogP contribution >= 0.6 is 35.0 Å². The van der Waals surface area contributed by atoms with Crippen molar-refractivity contribution in [2.75, 3.05) is 23.5 Å². The van der Waals surface area contributed by atoms with Crippen molar-refractivity contribution in [3.8, 4) is 0 Å². The molecule has 1 aromatic rings. The van der Waals surface area contributed by atoms with E-state index in [2.05, 4.69) is 0 Å². The number of amides is 1. The van der Waals surface area contributed by atoms with E-state index in [0.717, 1.165) is 5.75 Å². The SMILES string of the molecule is CSCCN1C(=O)C(=O)c2c(Cl)ccc(Cl)c21. The van der Waals surface area contributed by atoms with Gasteiger partial charge in [-0.15, -0.1) is 0 Å². The molecule has 0 saturated heterocycles. The second-order valence-electron chi connectivity index (χ2n) is 3.53. The molecule has 0 fully saturated rings. The summed E-state index contributed by atoms with van der Waals surface area (Å²) >= 11 is 13.6. The van der Waals surface area contributed by atoms with Crippen LogP contribution in [0.25, 0.3) is 0 Å². The standard InChI is InChI=1S/C11H9Cl2NO2S/c1-17-5-4-14-9-7(13)3-2-6(12)8(9)10(15)11(14)16/h2-3H,4-5H2,1H3. The Balaban J connectivity index is 2.52. The summed E-state index contributed by atoms with van der Waals surface area (Å²) in [5, 5.41) is 0.652. The van der Waals surface area contributed by atoms with Crippen LogP contribution in [0.1, 0.15) is 10.4 Å². The maximum absolute atomic E-state index is 11.8. The molecule has 2 rings (SSSR count). The number of fused-ring (bicyclic) bond motifs is 1. The molecule has 0 atom stereocenters. The number of hydrogen-bond donors (Lipinski definition) is 0. The van der Waals surface area contributed by atoms with Gasteiger partial charge in [0, 0.05) is 12.3 Å². The number of halogens is 2. The van der Waals surface area contributed by atoms with Gasteiger partial charge < -0.3 is 4.90 Å². The smallest absolute Gasteiger partial charge is 0.299 e. The zero-order valence-corrected chi connectivity index (χ0v) is 11.3. The van der Waals surface area contributed by atoms with Gasteiger partial charge in [-0.25, -0.2) is 0 Å². The Morgan fingerprint density at radius 3 is 2.53 bits per heavy atom. The van der Waals surface area contributed by atoms with Crippen molar-refractivity contribution in [2.24, 2.45) is 0 Å². The molecule has 0 bridgehead atoms. The van der Waals surface area contributed by atoms with Gasteiger partial charge >= 0.3 is 0 Å². The van der Waals surface area contributed by atoms with Crippen LogP contribution < -0.4 is 4.90 Å². The monoisotopic (exact) mass is 289 g/mol. The minimum absolute atomic E-state index is 0.227. The minimum atomic E-state index is -0.575. The highest BCUT2D eigenvalue weighted by Crippen LogP contribution is 2.39. The fourth-order valence-electron chi connectivity index (χ4n) is 1.75. The first-order valence-electron chi connectivity index (χ1n) is 4.91. The van der Waals surface area contributed by atoms with Gasteiger partial charge in [-0.3, -0.25) is 9.59 Å². The van der Waals surface area contributed by atoms with Crippen molar-refractivity contribution >= 4 is 52.3 Å². The van der Waals surface area contributed by atoms with Gasteiger partial charge in [-0.2, -0.15) is 11.8 Å². The molecule has 1 aromatic carbocycles. The van der Waals surface area contributed by atoms with Gasteiger partial charge in [0.05, 0.1) is 21.3 Å². The van der Waals surface area contributed by atoms with E-state index >= 15 is 0 Å². The van der Waals surface area contributed by atoms with Gasteiger partial charge in [-0.1, -0.05) is 23.2 Å². The number of rotatable bonds is 3. The summed E-state index contributed by atoms with van der Waals surface area (Å²) in [6, 6.07) is 3.13. The second kappa shape index (κ2) is 4.88. The number of ketones is 1. The van der Waals surface area contributed by atoms with E-state index in [-0.39, 0.29) is 10.6 Å². The maximum Gasteiger partial charge on any atom is 0.299 e. The molecule has 3 nitrogen and oxygen atoms in total. The highest BCUT2D eigenvalue weighted by atomic mass is 35.5. The Labute approximate surface area is 113 Å². The van der Waals surface area contributed by atoms with Crippen LogP contribution in [0, 0.1) is 0 Å². The summed E-state index contributed by atoms with van der Waals surface area (Å²) in [7, 11) is 0. The van der Waals surface area contributed by atoms with Crippen LogP contribution in [0.3, 0.4) is 0 Å². The van der Waals surface area contributed by atoms with E-state index < -0.39 is 11.7 Å². The zero-order chi connectivity index (χ0) is 12.6. The molecule has 1 amide bonds. The van der Waals surface area contributed by atoms with Crippen LogP contribution in [0.2, 0.25) is 10.0 Å². The molecule has 0 radical (unpaired) electrons. The largest absolute Gasteiger partial charge is 0.302 e. The second-order valence-corrected chi connectivity index (χ2v) is 5.33. The van der Waals surface area contributed by atoms with Crippen molar-refractivity contribution in [2.45, 2.75) is 0 Å². The van der Waals surface area contributed by atoms with Crippen LogP contribution in [0.5, 0.6) is 0 Å². The quantitative estimate of drug-likeness (QED) is 0.803. The average molecular weight is 290 g/mol. The summed E-state index contributed by atoms with van der Waals surface area (Å²) in [4.78, 5) is 25.0. The summed E-state index contributed by atoms with van der Waals surface area (Å²) in [5.74, 6) is -0.390. The highest BCUT2D eigenvalue weighted by molar-refractivity contribution is 7.98. The number of nitrogens with zero attached hydrogens (tertiary/aromatic N) is 1. The van der Waals surface area contributed by atoms with Gasteiger partial charge in [0.1, 0.15) is 0 Å². The molecule has 17 heavy (non-hydrogen) atoms. The number of anilines is 1. The summed E-state index contributed by atoms with van der Waals surface area (Å²) in [6.45, 7) is 0.457. The molecular weight excluding hydrogens is 281 g/mol. The summed E-state index contributed by atoms with van der Waals surface area (Å²) in [5.41, 5.74) is 0.675. The Morgan fingerprint density at radius 2 is 1.88 bits per heavy atom. The average Bonchev–Trinajstić information content (AvgIpc) is 2.56. The van der Waals surface area contributed by atoms with Gasteiger partial charge in [0.15, 0.2) is 0 Å². The topological polar surface area (TPSA) is 37.4 Å². The molecule has 6 heteroatoms. The number of hydrogen-bond acceptors (Lipinski definition) is 3. The first-order valence-corrected chi connectivity index (χ1v) is 7.06. The zero-order valence-electron chi connectivity index (χ0n) is 9.00.